The number of hydrogen-bond acceptors (Lipinski definition) is 5. The van der Waals surface area contributed by atoms with E-state index < -0.39 is 0 Å². The summed E-state index contributed by atoms with van der Waals surface area (Å²) in [5.41, 5.74) is 0.948. The lowest BCUT2D eigenvalue weighted by molar-refractivity contribution is 0.827. The first kappa shape index (κ1) is 12.2. The number of imidazole rings is 1. The molecule has 0 amide bonds. The van der Waals surface area contributed by atoms with Crippen LogP contribution in [0, 0.1) is 0 Å². The Morgan fingerprint density at radius 1 is 1.24 bits per heavy atom. The minimum atomic E-state index is 0.773. The highest BCUT2D eigenvalue weighted by Gasteiger charge is 2.17. The summed E-state index contributed by atoms with van der Waals surface area (Å²) < 4.78 is 3.77. The smallest absolute Gasteiger partial charge is 0.245 e. The molecule has 0 bridgehead atoms. The summed E-state index contributed by atoms with van der Waals surface area (Å²) in [5.74, 6) is 2.34. The molecule has 3 aromatic rings. The highest BCUT2D eigenvalue weighted by Crippen LogP contribution is 2.23. The summed E-state index contributed by atoms with van der Waals surface area (Å²) in [7, 11) is 1.95. The van der Waals surface area contributed by atoms with Crippen molar-refractivity contribution in [2.24, 2.45) is 7.05 Å². The average Bonchev–Trinajstić information content (AvgIpc) is 3.18. The van der Waals surface area contributed by atoms with Crippen molar-refractivity contribution in [2.75, 3.05) is 23.3 Å². The molecule has 1 aliphatic heterocycles. The van der Waals surface area contributed by atoms with Crippen LogP contribution in [0.2, 0.25) is 0 Å². The second kappa shape index (κ2) is 4.76. The zero-order valence-electron chi connectivity index (χ0n) is 11.9. The van der Waals surface area contributed by atoms with E-state index in [1.54, 1.807) is 6.33 Å². The van der Waals surface area contributed by atoms with Gasteiger partial charge in [0.1, 0.15) is 11.3 Å². The predicted molar refractivity (Wildman–Crippen MR) is 80.9 cm³/mol. The molecular weight excluding hydrogens is 266 g/mol. The van der Waals surface area contributed by atoms with Gasteiger partial charge in [0.2, 0.25) is 5.95 Å². The maximum Gasteiger partial charge on any atom is 0.245 e. The number of hydrogen-bond donors (Lipinski definition) is 1. The Kier molecular flexibility index (Phi) is 2.77. The Morgan fingerprint density at radius 3 is 2.86 bits per heavy atom. The molecule has 0 spiro atoms. The number of aromatic nitrogens is 5. The van der Waals surface area contributed by atoms with Gasteiger partial charge in [-0.15, -0.1) is 5.10 Å². The first-order valence-corrected chi connectivity index (χ1v) is 7.15. The van der Waals surface area contributed by atoms with E-state index in [2.05, 4.69) is 20.3 Å². The lowest BCUT2D eigenvalue weighted by Crippen LogP contribution is -2.22. The van der Waals surface area contributed by atoms with Crippen molar-refractivity contribution >= 4 is 23.1 Å². The summed E-state index contributed by atoms with van der Waals surface area (Å²) in [6.07, 6.45) is 8.05. The average molecular weight is 283 g/mol. The van der Waals surface area contributed by atoms with Gasteiger partial charge in [-0.1, -0.05) is 0 Å². The van der Waals surface area contributed by atoms with Gasteiger partial charge in [-0.05, 0) is 25.0 Å². The van der Waals surface area contributed by atoms with Crippen molar-refractivity contribution in [2.45, 2.75) is 12.8 Å². The quantitative estimate of drug-likeness (QED) is 0.794. The van der Waals surface area contributed by atoms with Crippen LogP contribution in [-0.4, -0.2) is 37.2 Å². The molecule has 1 N–H and O–H groups in total. The van der Waals surface area contributed by atoms with E-state index in [0.717, 1.165) is 36.2 Å². The molecule has 4 heterocycles. The third kappa shape index (κ3) is 2.20. The van der Waals surface area contributed by atoms with Gasteiger partial charge in [-0.2, -0.15) is 4.98 Å². The fourth-order valence-corrected chi connectivity index (χ4v) is 2.66. The van der Waals surface area contributed by atoms with Crippen molar-refractivity contribution in [1.82, 2.24) is 24.1 Å². The van der Waals surface area contributed by atoms with E-state index in [0.29, 0.717) is 0 Å². The number of fused-ring (bicyclic) bond motifs is 1. The second-order valence-corrected chi connectivity index (χ2v) is 5.34. The molecule has 0 radical (unpaired) electrons. The van der Waals surface area contributed by atoms with Gasteiger partial charge in [0, 0.05) is 32.5 Å². The van der Waals surface area contributed by atoms with Gasteiger partial charge in [-0.3, -0.25) is 0 Å². The summed E-state index contributed by atoms with van der Waals surface area (Å²) in [4.78, 5) is 11.2. The van der Waals surface area contributed by atoms with Gasteiger partial charge in [0.05, 0.1) is 6.33 Å². The molecule has 0 atom stereocenters. The molecule has 0 aromatic carbocycles. The zero-order valence-corrected chi connectivity index (χ0v) is 11.9. The van der Waals surface area contributed by atoms with E-state index in [-0.39, 0.29) is 0 Å². The van der Waals surface area contributed by atoms with E-state index in [1.165, 1.54) is 12.8 Å². The number of anilines is 3. The molecule has 108 valence electrons. The largest absolute Gasteiger partial charge is 0.340 e. The molecular formula is C14H17N7. The molecule has 0 unspecified atom stereocenters. The van der Waals surface area contributed by atoms with Crippen LogP contribution in [-0.2, 0) is 7.05 Å². The van der Waals surface area contributed by atoms with Crippen LogP contribution in [0.15, 0.2) is 30.9 Å². The normalized spacial score (nSPS) is 15.0. The van der Waals surface area contributed by atoms with Crippen molar-refractivity contribution < 1.29 is 0 Å². The van der Waals surface area contributed by atoms with E-state index in [1.807, 2.05) is 40.7 Å². The zero-order chi connectivity index (χ0) is 14.2. The van der Waals surface area contributed by atoms with Gasteiger partial charge in [-0.25, -0.2) is 9.50 Å². The maximum atomic E-state index is 4.69. The van der Waals surface area contributed by atoms with Gasteiger partial charge in [0.15, 0.2) is 5.82 Å². The van der Waals surface area contributed by atoms with Crippen molar-refractivity contribution in [3.8, 4) is 0 Å². The SMILES string of the molecule is Cn1cnc(Nc2nc(N3CCCC3)nn3cccc23)c1. The van der Waals surface area contributed by atoms with Crippen LogP contribution in [0.5, 0.6) is 0 Å². The highest BCUT2D eigenvalue weighted by molar-refractivity contribution is 5.72. The number of aryl methyl sites for hydroxylation is 1. The van der Waals surface area contributed by atoms with Crippen LogP contribution in [0.25, 0.3) is 5.52 Å². The Hall–Kier alpha value is -2.57. The standard InChI is InChI=1S/C14H17N7/c1-19-9-12(15-10-19)16-13-11-5-4-8-21(11)18-14(17-13)20-6-2-3-7-20/h4-5,8-10H,2-3,6-7H2,1H3,(H,16,17,18). The summed E-state index contributed by atoms with van der Waals surface area (Å²) in [6.45, 7) is 2.05. The number of rotatable bonds is 3. The Balaban J connectivity index is 1.76. The molecule has 21 heavy (non-hydrogen) atoms. The van der Waals surface area contributed by atoms with Crippen LogP contribution >= 0.6 is 0 Å². The van der Waals surface area contributed by atoms with Gasteiger partial charge >= 0.3 is 0 Å². The van der Waals surface area contributed by atoms with Crippen molar-refractivity contribution in [1.29, 1.82) is 0 Å². The third-order valence-electron chi connectivity index (χ3n) is 3.72. The highest BCUT2D eigenvalue weighted by atomic mass is 15.4. The van der Waals surface area contributed by atoms with E-state index >= 15 is 0 Å². The lowest BCUT2D eigenvalue weighted by Gasteiger charge is -2.16. The van der Waals surface area contributed by atoms with Crippen LogP contribution in [0.4, 0.5) is 17.6 Å². The van der Waals surface area contributed by atoms with E-state index in [9.17, 15) is 0 Å². The van der Waals surface area contributed by atoms with Crippen molar-refractivity contribution in [3.05, 3.63) is 30.9 Å². The number of nitrogens with zero attached hydrogens (tertiary/aromatic N) is 6. The second-order valence-electron chi connectivity index (χ2n) is 5.34. The van der Waals surface area contributed by atoms with Crippen LogP contribution in [0.3, 0.4) is 0 Å². The molecule has 1 fully saturated rings. The molecule has 0 saturated carbocycles. The minimum absolute atomic E-state index is 0.773. The minimum Gasteiger partial charge on any atom is -0.340 e. The topological polar surface area (TPSA) is 63.3 Å². The fourth-order valence-electron chi connectivity index (χ4n) is 2.66. The number of nitrogens with one attached hydrogen (secondary N) is 1. The Labute approximate surface area is 122 Å². The molecule has 0 aliphatic carbocycles. The monoisotopic (exact) mass is 283 g/mol. The molecule has 1 aliphatic rings. The first-order chi connectivity index (χ1) is 10.3. The van der Waals surface area contributed by atoms with Crippen LogP contribution < -0.4 is 10.2 Å². The molecule has 3 aromatic heterocycles. The van der Waals surface area contributed by atoms with Gasteiger partial charge in [0.25, 0.3) is 0 Å². The Bertz CT molecular complexity index is 767. The fraction of sp³-hybridized carbons (Fsp3) is 0.357. The maximum absolute atomic E-state index is 4.69. The van der Waals surface area contributed by atoms with Gasteiger partial charge < -0.3 is 14.8 Å². The molecule has 7 nitrogen and oxygen atoms in total. The summed E-state index contributed by atoms with van der Waals surface area (Å²) in [5, 5.41) is 7.88. The molecule has 4 rings (SSSR count). The molecule has 7 heteroatoms. The molecule has 1 saturated heterocycles. The lowest BCUT2D eigenvalue weighted by atomic mass is 10.4. The van der Waals surface area contributed by atoms with Crippen LogP contribution in [0.1, 0.15) is 12.8 Å². The van der Waals surface area contributed by atoms with E-state index in [4.69, 9.17) is 4.98 Å². The Morgan fingerprint density at radius 2 is 2.10 bits per heavy atom. The first-order valence-electron chi connectivity index (χ1n) is 7.15. The van der Waals surface area contributed by atoms with Crippen molar-refractivity contribution in [3.63, 3.8) is 0 Å². The predicted octanol–water partition coefficient (Wildman–Crippen LogP) is 1.81. The summed E-state index contributed by atoms with van der Waals surface area (Å²) in [6, 6.07) is 3.97. The third-order valence-corrected chi connectivity index (χ3v) is 3.72. The summed E-state index contributed by atoms with van der Waals surface area (Å²) >= 11 is 0.